The Hall–Kier alpha value is -1.91. The van der Waals surface area contributed by atoms with E-state index in [-0.39, 0.29) is 18.6 Å². The zero-order valence-corrected chi connectivity index (χ0v) is 14.3. The molecule has 3 rings (SSSR count). The van der Waals surface area contributed by atoms with Crippen LogP contribution in [-0.4, -0.2) is 61.5 Å². The zero-order valence-electron chi connectivity index (χ0n) is 13.5. The monoisotopic (exact) mass is 372 g/mol. The fraction of sp³-hybridized carbons (Fsp3) is 0.600. The van der Waals surface area contributed by atoms with Crippen molar-refractivity contribution in [3.63, 3.8) is 0 Å². The van der Waals surface area contributed by atoms with Crippen LogP contribution < -0.4 is 5.32 Å². The van der Waals surface area contributed by atoms with E-state index >= 15 is 0 Å². The molecule has 2 saturated heterocycles. The number of sulfonamides is 1. The van der Waals surface area contributed by atoms with Gasteiger partial charge in [-0.25, -0.2) is 13.2 Å². The van der Waals surface area contributed by atoms with Gasteiger partial charge in [0.1, 0.15) is 6.04 Å². The summed E-state index contributed by atoms with van der Waals surface area (Å²) >= 11 is 0. The summed E-state index contributed by atoms with van der Waals surface area (Å²) in [5.74, 6) is -2.19. The lowest BCUT2D eigenvalue weighted by molar-refractivity contribution is -0.124. The molecular formula is C15H20N2O7S. The predicted molar refractivity (Wildman–Crippen MR) is 84.6 cm³/mol. The summed E-state index contributed by atoms with van der Waals surface area (Å²) in [5, 5.41) is 11.1. The molecule has 0 aromatic carbocycles. The summed E-state index contributed by atoms with van der Waals surface area (Å²) in [6.07, 6.45) is 2.75. The van der Waals surface area contributed by atoms with Gasteiger partial charge in [-0.05, 0) is 37.8 Å². The summed E-state index contributed by atoms with van der Waals surface area (Å²) in [6.45, 7) is 1.21. The molecule has 1 amide bonds. The number of carbonyl (C=O) groups is 2. The Morgan fingerprint density at radius 1 is 1.28 bits per heavy atom. The van der Waals surface area contributed by atoms with Crippen LogP contribution in [0.25, 0.3) is 0 Å². The second-order valence-electron chi connectivity index (χ2n) is 6.08. The average molecular weight is 372 g/mol. The first-order valence-electron chi connectivity index (χ1n) is 8.14. The standard InChI is InChI=1S/C15H20N2O7S/c18-14(16-9-10-3-2-8-23-10)11-4-1-7-17(11)25(21,22)13-6-5-12(24-13)15(19)20/h5-6,10-11H,1-4,7-9H2,(H,16,18)(H,19,20). The molecule has 1 aromatic rings. The molecule has 0 bridgehead atoms. The normalized spacial score (nSPS) is 24.5. The molecule has 2 aliphatic rings. The van der Waals surface area contributed by atoms with Crippen LogP contribution in [0, 0.1) is 0 Å². The van der Waals surface area contributed by atoms with Crippen molar-refractivity contribution < 1.29 is 32.3 Å². The third-order valence-electron chi connectivity index (χ3n) is 4.39. The van der Waals surface area contributed by atoms with Gasteiger partial charge < -0.3 is 19.6 Å². The molecule has 9 nitrogen and oxygen atoms in total. The van der Waals surface area contributed by atoms with Crippen molar-refractivity contribution in [3.8, 4) is 0 Å². The van der Waals surface area contributed by atoms with E-state index in [0.29, 0.717) is 26.0 Å². The Morgan fingerprint density at radius 3 is 2.72 bits per heavy atom. The number of aromatic carboxylic acids is 1. The fourth-order valence-corrected chi connectivity index (χ4v) is 4.69. The SMILES string of the molecule is O=C(O)c1ccc(S(=O)(=O)N2CCCC2C(=O)NCC2CCCO2)o1. The molecular weight excluding hydrogens is 352 g/mol. The molecule has 0 saturated carbocycles. The lowest BCUT2D eigenvalue weighted by Gasteiger charge is -2.22. The number of ether oxygens (including phenoxy) is 1. The van der Waals surface area contributed by atoms with Crippen molar-refractivity contribution in [2.45, 2.75) is 42.9 Å². The highest BCUT2D eigenvalue weighted by Gasteiger charge is 2.41. The van der Waals surface area contributed by atoms with E-state index in [9.17, 15) is 18.0 Å². The van der Waals surface area contributed by atoms with Crippen molar-refractivity contribution in [1.82, 2.24) is 9.62 Å². The molecule has 10 heteroatoms. The fourth-order valence-electron chi connectivity index (χ4n) is 3.12. The molecule has 1 aromatic heterocycles. The Bertz CT molecular complexity index is 752. The van der Waals surface area contributed by atoms with E-state index in [4.69, 9.17) is 14.3 Å². The molecule has 3 heterocycles. The minimum Gasteiger partial charge on any atom is -0.475 e. The maximum Gasteiger partial charge on any atom is 0.371 e. The van der Waals surface area contributed by atoms with E-state index in [1.165, 1.54) is 0 Å². The van der Waals surface area contributed by atoms with Crippen molar-refractivity contribution >= 4 is 21.9 Å². The minimum atomic E-state index is -4.07. The number of rotatable bonds is 6. The lowest BCUT2D eigenvalue weighted by Crippen LogP contribution is -2.47. The molecule has 0 aliphatic carbocycles. The third kappa shape index (κ3) is 3.70. The van der Waals surface area contributed by atoms with Crippen LogP contribution in [0.1, 0.15) is 36.2 Å². The first-order valence-corrected chi connectivity index (χ1v) is 9.58. The zero-order chi connectivity index (χ0) is 18.0. The van der Waals surface area contributed by atoms with Gasteiger partial charge in [0.05, 0.1) is 6.10 Å². The highest BCUT2D eigenvalue weighted by atomic mass is 32.2. The first-order chi connectivity index (χ1) is 11.9. The van der Waals surface area contributed by atoms with Crippen molar-refractivity contribution in [2.24, 2.45) is 0 Å². The van der Waals surface area contributed by atoms with Crippen molar-refractivity contribution in [3.05, 3.63) is 17.9 Å². The Morgan fingerprint density at radius 2 is 2.08 bits per heavy atom. The van der Waals surface area contributed by atoms with Gasteiger partial charge in [-0.15, -0.1) is 0 Å². The molecule has 2 fully saturated rings. The van der Waals surface area contributed by atoms with Crippen molar-refractivity contribution in [2.75, 3.05) is 19.7 Å². The number of carboxylic acid groups (broad SMARTS) is 1. The van der Waals surface area contributed by atoms with Crippen LogP contribution in [0.2, 0.25) is 0 Å². The van der Waals surface area contributed by atoms with Crippen LogP contribution >= 0.6 is 0 Å². The van der Waals surface area contributed by atoms with Gasteiger partial charge in [0.15, 0.2) is 0 Å². The second-order valence-corrected chi connectivity index (χ2v) is 7.90. The highest BCUT2D eigenvalue weighted by molar-refractivity contribution is 7.89. The van der Waals surface area contributed by atoms with E-state index in [2.05, 4.69) is 5.32 Å². The summed E-state index contributed by atoms with van der Waals surface area (Å²) in [6, 6.07) is 1.35. The third-order valence-corrected chi connectivity index (χ3v) is 6.17. The summed E-state index contributed by atoms with van der Waals surface area (Å²) in [7, 11) is -4.07. The number of furan rings is 1. The highest BCUT2D eigenvalue weighted by Crippen LogP contribution is 2.27. The Balaban J connectivity index is 1.70. The smallest absolute Gasteiger partial charge is 0.371 e. The van der Waals surface area contributed by atoms with Gasteiger partial charge in [-0.1, -0.05) is 0 Å². The molecule has 2 N–H and O–H groups in total. The largest absolute Gasteiger partial charge is 0.475 e. The number of carbonyl (C=O) groups excluding carboxylic acids is 1. The quantitative estimate of drug-likeness (QED) is 0.741. The molecule has 0 radical (unpaired) electrons. The summed E-state index contributed by atoms with van der Waals surface area (Å²) < 4.78 is 36.8. The molecule has 2 atom stereocenters. The van der Waals surface area contributed by atoms with E-state index in [1.807, 2.05) is 0 Å². The summed E-state index contributed by atoms with van der Waals surface area (Å²) in [5.41, 5.74) is 0. The number of carboxylic acids is 1. The van der Waals surface area contributed by atoms with Gasteiger partial charge in [0.2, 0.25) is 16.8 Å². The molecule has 2 aliphatic heterocycles. The first kappa shape index (κ1) is 17.9. The van der Waals surface area contributed by atoms with Gasteiger partial charge >= 0.3 is 5.97 Å². The van der Waals surface area contributed by atoms with Gasteiger partial charge in [-0.2, -0.15) is 4.31 Å². The Labute approximate surface area is 145 Å². The molecule has 2 unspecified atom stereocenters. The maximum atomic E-state index is 12.7. The molecule has 138 valence electrons. The van der Waals surface area contributed by atoms with Crippen LogP contribution in [0.4, 0.5) is 0 Å². The van der Waals surface area contributed by atoms with E-state index in [0.717, 1.165) is 29.3 Å². The number of hydrogen-bond donors (Lipinski definition) is 2. The molecule has 25 heavy (non-hydrogen) atoms. The van der Waals surface area contributed by atoms with Crippen molar-refractivity contribution in [1.29, 1.82) is 0 Å². The van der Waals surface area contributed by atoms with E-state index < -0.39 is 32.9 Å². The Kier molecular flexibility index (Phi) is 5.11. The number of nitrogens with zero attached hydrogens (tertiary/aromatic N) is 1. The molecule has 0 spiro atoms. The summed E-state index contributed by atoms with van der Waals surface area (Å²) in [4.78, 5) is 23.3. The second kappa shape index (κ2) is 7.14. The number of amides is 1. The predicted octanol–water partition coefficient (Wildman–Crippen LogP) is 0.426. The number of nitrogens with one attached hydrogen (secondary N) is 1. The van der Waals surface area contributed by atoms with Crippen LogP contribution in [0.5, 0.6) is 0 Å². The number of hydrogen-bond acceptors (Lipinski definition) is 6. The van der Waals surface area contributed by atoms with E-state index in [1.54, 1.807) is 0 Å². The average Bonchev–Trinajstić information content (AvgIpc) is 3.33. The topological polar surface area (TPSA) is 126 Å². The van der Waals surface area contributed by atoms with Crippen LogP contribution in [0.15, 0.2) is 21.6 Å². The van der Waals surface area contributed by atoms with Gasteiger partial charge in [0.25, 0.3) is 10.0 Å². The van der Waals surface area contributed by atoms with Crippen LogP contribution in [-0.2, 0) is 19.6 Å². The van der Waals surface area contributed by atoms with Gasteiger partial charge in [-0.3, -0.25) is 4.79 Å². The van der Waals surface area contributed by atoms with Crippen LogP contribution in [0.3, 0.4) is 0 Å². The van der Waals surface area contributed by atoms with Gasteiger partial charge in [0, 0.05) is 19.7 Å². The lowest BCUT2D eigenvalue weighted by atomic mass is 10.2. The maximum absolute atomic E-state index is 12.7. The minimum absolute atomic E-state index is 0.0291.